The monoisotopic (exact) mass is 886 g/mol. The van der Waals surface area contributed by atoms with E-state index in [2.05, 4.69) is 68.3 Å². The van der Waals surface area contributed by atoms with Crippen LogP contribution in [-0.4, -0.2) is 62.4 Å². The van der Waals surface area contributed by atoms with E-state index in [9.17, 15) is 14.4 Å². The van der Waals surface area contributed by atoms with Crippen molar-refractivity contribution < 1.29 is 28.6 Å². The highest BCUT2D eigenvalue weighted by atomic mass is 16.5. The molecule has 0 aliphatic heterocycles. The average Bonchev–Trinajstić information content (AvgIpc) is 3.28. The van der Waals surface area contributed by atoms with Gasteiger partial charge in [0, 0.05) is 36.4 Å². The summed E-state index contributed by atoms with van der Waals surface area (Å²) in [5.74, 6) is 0.667. The molecule has 0 spiro atoms. The Bertz CT molecular complexity index is 2310. The molecule has 0 fully saturated rings. The van der Waals surface area contributed by atoms with Crippen LogP contribution in [0.15, 0.2) is 108 Å². The molecule has 0 unspecified atom stereocenters. The molecule has 0 radical (unpaired) electrons. The maximum Gasteiger partial charge on any atom is 0.224 e. The molecule has 0 saturated carbocycles. The number of carbonyl (C=O) groups excluding carboxylic acids is 3. The van der Waals surface area contributed by atoms with Crippen molar-refractivity contribution in [2.75, 3.05) is 32.9 Å². The van der Waals surface area contributed by atoms with Gasteiger partial charge in [-0.05, 0) is 102 Å². The predicted octanol–water partition coefficient (Wildman–Crippen LogP) is 9.54. The van der Waals surface area contributed by atoms with E-state index in [4.69, 9.17) is 31.4 Å². The lowest BCUT2D eigenvalue weighted by atomic mass is 9.89. The molecule has 0 saturated heterocycles. The maximum atomic E-state index is 14.3. The van der Waals surface area contributed by atoms with Gasteiger partial charge >= 0.3 is 0 Å². The van der Waals surface area contributed by atoms with E-state index in [1.54, 1.807) is 0 Å². The number of aliphatic imine (C=N–C) groups is 1. The highest BCUT2D eigenvalue weighted by Gasteiger charge is 2.29. The number of guanidine groups is 1. The zero-order valence-corrected chi connectivity index (χ0v) is 38.9. The zero-order valence-electron chi connectivity index (χ0n) is 38.9. The number of ketones is 2. The van der Waals surface area contributed by atoms with Crippen LogP contribution in [0.25, 0.3) is 32.7 Å². The van der Waals surface area contributed by atoms with E-state index in [-0.39, 0.29) is 48.8 Å². The topological polar surface area (TPSA) is 181 Å². The van der Waals surface area contributed by atoms with Gasteiger partial charge in [-0.1, -0.05) is 125 Å². The van der Waals surface area contributed by atoms with Crippen LogP contribution in [0.4, 0.5) is 0 Å². The van der Waals surface area contributed by atoms with Gasteiger partial charge < -0.3 is 36.7 Å². The van der Waals surface area contributed by atoms with Crippen molar-refractivity contribution in [1.29, 1.82) is 0 Å². The minimum absolute atomic E-state index is 0.0338. The highest BCUT2D eigenvalue weighted by Crippen LogP contribution is 2.45. The maximum absolute atomic E-state index is 14.3. The van der Waals surface area contributed by atoms with Gasteiger partial charge in [-0.3, -0.25) is 19.4 Å². The van der Waals surface area contributed by atoms with Gasteiger partial charge in [-0.2, -0.15) is 0 Å². The number of fused-ring (bicyclic) bond motifs is 2. The van der Waals surface area contributed by atoms with E-state index in [1.165, 1.54) is 0 Å². The summed E-state index contributed by atoms with van der Waals surface area (Å²) in [5.41, 5.74) is 19.9. The number of amides is 1. The first-order chi connectivity index (χ1) is 31.4. The Balaban J connectivity index is 1.36. The van der Waals surface area contributed by atoms with E-state index in [0.717, 1.165) is 56.8 Å². The smallest absolute Gasteiger partial charge is 0.224 e. The molecule has 348 valence electrons. The molecule has 5 aromatic rings. The van der Waals surface area contributed by atoms with Gasteiger partial charge in [-0.25, -0.2) is 0 Å². The number of benzene rings is 5. The van der Waals surface area contributed by atoms with E-state index < -0.39 is 12.0 Å². The van der Waals surface area contributed by atoms with Crippen LogP contribution in [0.2, 0.25) is 0 Å². The molecule has 11 heteroatoms. The van der Waals surface area contributed by atoms with Crippen LogP contribution in [0, 0.1) is 23.7 Å². The minimum Gasteiger partial charge on any atom is -0.493 e. The number of nitrogens with two attached hydrogens (primary N) is 3. The first kappa shape index (κ1) is 50.2. The zero-order chi connectivity index (χ0) is 46.6. The van der Waals surface area contributed by atoms with E-state index in [0.29, 0.717) is 82.6 Å². The molecule has 65 heavy (non-hydrogen) atoms. The molecule has 0 aliphatic carbocycles. The third kappa shape index (κ3) is 16.0. The number of carbonyl (C=O) groups is 3. The van der Waals surface area contributed by atoms with Crippen LogP contribution >= 0.6 is 0 Å². The number of nitrogens with zero attached hydrogens (tertiary/aromatic N) is 1. The van der Waals surface area contributed by atoms with E-state index in [1.807, 2.05) is 72.8 Å². The standard InChI is InChI=1S/C54H71N5O6/c1-37(2)27-30-64-49-25-23-41-17-8-10-20-45(41)51(49)52-46-21-11-9-18-42(46)24-26-50(52)65-36-44(60)33-43(19-12-13-28-55)53(62)59-47(22-14-29-58-54(56)57)48(61)32-40(31-38(3)4)35-63-34-39-15-6-5-7-16-39/h5-11,15-18,20-21,23-26,37-38,40,43,47H,12-14,19,22,27-36,55H2,1-4H3,(H,59,62)(H4,56,57,58)/t40-,43+,47-/m1/s1. The molecule has 11 nitrogen and oxygen atoms in total. The highest BCUT2D eigenvalue weighted by molar-refractivity contribution is 6.10. The Hall–Kier alpha value is -5.78. The Morgan fingerprint density at radius 1 is 0.677 bits per heavy atom. The van der Waals surface area contributed by atoms with Crippen LogP contribution < -0.4 is 32.0 Å². The first-order valence-electron chi connectivity index (χ1n) is 23.4. The molecule has 0 aliphatic rings. The second kappa shape index (κ2) is 26.2. The number of hydrogen-bond acceptors (Lipinski definition) is 8. The van der Waals surface area contributed by atoms with Crippen LogP contribution in [0.3, 0.4) is 0 Å². The predicted molar refractivity (Wildman–Crippen MR) is 264 cm³/mol. The fraction of sp³-hybridized carbons (Fsp3) is 0.444. The number of hydrogen-bond donors (Lipinski definition) is 4. The van der Waals surface area contributed by atoms with Crippen molar-refractivity contribution in [2.45, 2.75) is 98.1 Å². The first-order valence-corrected chi connectivity index (χ1v) is 23.4. The molecular formula is C54H71N5O6. The van der Waals surface area contributed by atoms with Gasteiger partial charge in [0.05, 0.1) is 25.9 Å². The summed E-state index contributed by atoms with van der Waals surface area (Å²) in [6.07, 6.45) is 4.46. The van der Waals surface area contributed by atoms with Crippen molar-refractivity contribution in [3.8, 4) is 22.6 Å². The molecule has 5 aromatic carbocycles. The SMILES string of the molecule is CC(C)CCOc1ccc2ccccc2c1-c1c(OCC(=O)C[C@H](CCCCN)C(=O)N[C@H](CCCN=C(N)N)C(=O)C[C@H](COCc2ccccc2)CC(C)C)ccc2ccccc12. The number of nitrogens with one attached hydrogen (secondary N) is 1. The molecule has 0 heterocycles. The summed E-state index contributed by atoms with van der Waals surface area (Å²) in [5, 5.41) is 7.13. The second-order valence-corrected chi connectivity index (χ2v) is 18.0. The Morgan fingerprint density at radius 2 is 1.31 bits per heavy atom. The molecule has 0 aromatic heterocycles. The van der Waals surface area contributed by atoms with Gasteiger partial charge in [0.1, 0.15) is 18.1 Å². The molecule has 0 bridgehead atoms. The number of unbranched alkanes of at least 4 members (excludes halogenated alkanes) is 1. The Morgan fingerprint density at radius 3 is 1.92 bits per heavy atom. The largest absolute Gasteiger partial charge is 0.493 e. The van der Waals surface area contributed by atoms with Crippen LogP contribution in [-0.2, 0) is 25.7 Å². The fourth-order valence-electron chi connectivity index (χ4n) is 8.35. The third-order valence-corrected chi connectivity index (χ3v) is 11.6. The number of rotatable bonds is 29. The number of Topliss-reactive ketones (excluding diaryl/α,β-unsaturated/α-hetero) is 2. The fourth-order valence-corrected chi connectivity index (χ4v) is 8.35. The van der Waals surface area contributed by atoms with Gasteiger partial charge in [-0.15, -0.1) is 0 Å². The van der Waals surface area contributed by atoms with Gasteiger partial charge in [0.2, 0.25) is 5.91 Å². The average molecular weight is 886 g/mol. The normalized spacial score (nSPS) is 12.8. The lowest BCUT2D eigenvalue weighted by Crippen LogP contribution is -2.45. The van der Waals surface area contributed by atoms with Crippen LogP contribution in [0.5, 0.6) is 11.5 Å². The lowest BCUT2D eigenvalue weighted by molar-refractivity contribution is -0.133. The van der Waals surface area contributed by atoms with Gasteiger partial charge in [0.25, 0.3) is 0 Å². The molecule has 5 rings (SSSR count). The summed E-state index contributed by atoms with van der Waals surface area (Å²) >= 11 is 0. The van der Waals surface area contributed by atoms with Crippen LogP contribution in [0.1, 0.15) is 91.0 Å². The van der Waals surface area contributed by atoms with Crippen molar-refractivity contribution in [3.63, 3.8) is 0 Å². The molecular weight excluding hydrogens is 815 g/mol. The third-order valence-electron chi connectivity index (χ3n) is 11.6. The molecule has 3 atom stereocenters. The summed E-state index contributed by atoms with van der Waals surface area (Å²) in [6.45, 7) is 10.5. The summed E-state index contributed by atoms with van der Waals surface area (Å²) < 4.78 is 19.1. The Labute approximate surface area is 385 Å². The van der Waals surface area contributed by atoms with E-state index >= 15 is 0 Å². The van der Waals surface area contributed by atoms with Crippen molar-refractivity contribution >= 4 is 45.0 Å². The van der Waals surface area contributed by atoms with Gasteiger partial charge in [0.15, 0.2) is 17.5 Å². The van der Waals surface area contributed by atoms with Crippen molar-refractivity contribution in [1.82, 2.24) is 5.32 Å². The summed E-state index contributed by atoms with van der Waals surface area (Å²) in [4.78, 5) is 46.6. The summed E-state index contributed by atoms with van der Waals surface area (Å²) in [7, 11) is 0. The quantitative estimate of drug-likeness (QED) is 0.0207. The lowest BCUT2D eigenvalue weighted by Gasteiger charge is -2.25. The summed E-state index contributed by atoms with van der Waals surface area (Å²) in [6, 6.07) is 33.5. The Kier molecular flexibility index (Phi) is 20.3. The second-order valence-electron chi connectivity index (χ2n) is 18.0. The number of ether oxygens (including phenoxy) is 3. The molecule has 1 amide bonds. The van der Waals surface area contributed by atoms with Crippen molar-refractivity contribution in [3.05, 3.63) is 109 Å². The molecule has 7 N–H and O–H groups in total. The van der Waals surface area contributed by atoms with Crippen molar-refractivity contribution in [2.24, 2.45) is 45.9 Å². The minimum atomic E-state index is -0.790.